The number of carbonyl (C=O) groups is 2. The molecule has 4 atom stereocenters. The van der Waals surface area contributed by atoms with Crippen molar-refractivity contribution in [1.82, 2.24) is 29.6 Å². The standard InChI is InChI=1S/C29H42N8O6/c1-5-19-15-20(43-35-19)22-23(40-17-38)24(41-18-39)27(42-22)37-16-32-21-25(30-10-9-29(2,3)4)33-28(34-26(21)37)31-11-14-36-12-7-6-8-13-36/h15-18,22-24,27H,5-14H2,1-4H3,(H2,30,31,33,34)/t22-,23+,24-,27-/m1/s1. The second-order valence-corrected chi connectivity index (χ2v) is 12.2. The third-order valence-electron chi connectivity index (χ3n) is 7.86. The molecule has 2 aliphatic rings. The fourth-order valence-corrected chi connectivity index (χ4v) is 5.51. The van der Waals surface area contributed by atoms with Crippen molar-refractivity contribution in [2.45, 2.75) is 84.3 Å². The van der Waals surface area contributed by atoms with E-state index in [-0.39, 0.29) is 5.41 Å². The first-order valence-corrected chi connectivity index (χ1v) is 15.0. The lowest BCUT2D eigenvalue weighted by Crippen LogP contribution is -2.34. The molecule has 3 aromatic rings. The fraction of sp³-hybridized carbons (Fsp3) is 0.655. The van der Waals surface area contributed by atoms with Crippen LogP contribution in [0.25, 0.3) is 11.2 Å². The van der Waals surface area contributed by atoms with E-state index in [4.69, 9.17) is 28.7 Å². The van der Waals surface area contributed by atoms with Crippen molar-refractivity contribution >= 4 is 35.9 Å². The number of hydrogen-bond donors (Lipinski definition) is 2. The molecule has 2 saturated heterocycles. The molecule has 0 spiro atoms. The van der Waals surface area contributed by atoms with Crippen LogP contribution in [0.1, 0.15) is 77.2 Å². The lowest BCUT2D eigenvalue weighted by molar-refractivity contribution is -0.151. The van der Waals surface area contributed by atoms with E-state index in [0.29, 0.717) is 66.8 Å². The van der Waals surface area contributed by atoms with Crippen LogP contribution >= 0.6 is 0 Å². The summed E-state index contributed by atoms with van der Waals surface area (Å²) in [5.74, 6) is 1.38. The zero-order valence-electron chi connectivity index (χ0n) is 25.3. The molecule has 5 heterocycles. The van der Waals surface area contributed by atoms with Crippen molar-refractivity contribution in [3.63, 3.8) is 0 Å². The van der Waals surface area contributed by atoms with E-state index in [1.807, 2.05) is 6.92 Å². The number of aromatic nitrogens is 5. The molecule has 14 nitrogen and oxygen atoms in total. The van der Waals surface area contributed by atoms with Crippen LogP contribution in [0.2, 0.25) is 0 Å². The Hall–Kier alpha value is -3.78. The summed E-state index contributed by atoms with van der Waals surface area (Å²) in [6.45, 7) is 13.6. The Morgan fingerprint density at radius 3 is 2.51 bits per heavy atom. The summed E-state index contributed by atoms with van der Waals surface area (Å²) in [5.41, 5.74) is 1.85. The highest BCUT2D eigenvalue weighted by Crippen LogP contribution is 2.43. The molecule has 0 aromatic carbocycles. The van der Waals surface area contributed by atoms with Gasteiger partial charge in [-0.05, 0) is 44.2 Å². The van der Waals surface area contributed by atoms with Gasteiger partial charge in [0.25, 0.3) is 12.9 Å². The number of ether oxygens (including phenoxy) is 3. The Kier molecular flexibility index (Phi) is 9.76. The molecule has 234 valence electrons. The monoisotopic (exact) mass is 598 g/mol. The molecule has 14 heteroatoms. The lowest BCUT2D eigenvalue weighted by Gasteiger charge is -2.26. The molecule has 0 bridgehead atoms. The van der Waals surface area contributed by atoms with Gasteiger partial charge in [-0.1, -0.05) is 39.3 Å². The first-order chi connectivity index (χ1) is 20.8. The minimum Gasteiger partial charge on any atom is -0.457 e. The molecule has 0 saturated carbocycles. The minimum absolute atomic E-state index is 0.131. The number of nitrogens with one attached hydrogen (secondary N) is 2. The summed E-state index contributed by atoms with van der Waals surface area (Å²) in [4.78, 5) is 39.8. The van der Waals surface area contributed by atoms with Crippen molar-refractivity contribution in [2.24, 2.45) is 5.41 Å². The molecule has 2 aliphatic heterocycles. The number of piperidine rings is 1. The van der Waals surface area contributed by atoms with E-state index in [1.165, 1.54) is 19.3 Å². The predicted octanol–water partition coefficient (Wildman–Crippen LogP) is 3.48. The Bertz CT molecular complexity index is 1360. The van der Waals surface area contributed by atoms with Crippen LogP contribution in [-0.4, -0.2) is 87.5 Å². The molecule has 5 rings (SSSR count). The zero-order valence-corrected chi connectivity index (χ0v) is 25.3. The Labute approximate surface area is 250 Å². The highest BCUT2D eigenvalue weighted by Gasteiger charge is 2.51. The molecule has 2 fully saturated rings. The lowest BCUT2D eigenvalue weighted by atomic mass is 9.92. The van der Waals surface area contributed by atoms with Crippen molar-refractivity contribution in [1.29, 1.82) is 0 Å². The molecular formula is C29H42N8O6. The van der Waals surface area contributed by atoms with Gasteiger partial charge in [-0.15, -0.1) is 0 Å². The minimum atomic E-state index is -1.01. The number of nitrogens with zero attached hydrogens (tertiary/aromatic N) is 6. The summed E-state index contributed by atoms with van der Waals surface area (Å²) < 4.78 is 24.4. The summed E-state index contributed by atoms with van der Waals surface area (Å²) >= 11 is 0. The molecule has 3 aromatic heterocycles. The van der Waals surface area contributed by atoms with E-state index in [2.05, 4.69) is 46.4 Å². The molecule has 0 amide bonds. The SMILES string of the molecule is CCc1cc([C@H]2O[C@@H](n3cnc4c(NCCC(C)(C)C)nc(NCCN5CCCCC5)nc43)[C@H](OC=O)[C@H]2OC=O)on1. The average molecular weight is 599 g/mol. The number of hydrogen-bond acceptors (Lipinski definition) is 13. The van der Waals surface area contributed by atoms with Crippen LogP contribution < -0.4 is 10.6 Å². The van der Waals surface area contributed by atoms with E-state index in [1.54, 1.807) is 17.0 Å². The van der Waals surface area contributed by atoms with E-state index in [0.717, 1.165) is 26.1 Å². The Morgan fingerprint density at radius 2 is 1.81 bits per heavy atom. The zero-order chi connectivity index (χ0) is 30.4. The van der Waals surface area contributed by atoms with Gasteiger partial charge in [0.2, 0.25) is 5.95 Å². The number of fused-ring (bicyclic) bond motifs is 1. The molecule has 43 heavy (non-hydrogen) atoms. The smallest absolute Gasteiger partial charge is 0.293 e. The maximum Gasteiger partial charge on any atom is 0.293 e. The van der Waals surface area contributed by atoms with Crippen LogP contribution in [0.3, 0.4) is 0 Å². The first kappa shape index (κ1) is 30.7. The topological polar surface area (TPSA) is 159 Å². The maximum atomic E-state index is 11.6. The van der Waals surface area contributed by atoms with Gasteiger partial charge >= 0.3 is 0 Å². The van der Waals surface area contributed by atoms with E-state index >= 15 is 0 Å². The Morgan fingerprint density at radius 1 is 1.05 bits per heavy atom. The summed E-state index contributed by atoms with van der Waals surface area (Å²) in [6, 6.07) is 1.74. The van der Waals surface area contributed by atoms with Gasteiger partial charge in [0.05, 0.1) is 12.0 Å². The highest BCUT2D eigenvalue weighted by atomic mass is 16.6. The van der Waals surface area contributed by atoms with E-state index in [9.17, 15) is 9.59 Å². The summed E-state index contributed by atoms with van der Waals surface area (Å²) in [6.07, 6.45) is 3.05. The van der Waals surface area contributed by atoms with Gasteiger partial charge in [-0.3, -0.25) is 14.2 Å². The summed E-state index contributed by atoms with van der Waals surface area (Å²) in [7, 11) is 0. The second kappa shape index (κ2) is 13.7. The van der Waals surface area contributed by atoms with Crippen molar-refractivity contribution < 1.29 is 28.3 Å². The van der Waals surface area contributed by atoms with Crippen molar-refractivity contribution in [3.05, 3.63) is 23.8 Å². The molecular weight excluding hydrogens is 556 g/mol. The number of carbonyl (C=O) groups excluding carboxylic acids is 2. The van der Waals surface area contributed by atoms with Gasteiger partial charge in [0.15, 0.2) is 47.3 Å². The molecule has 0 aliphatic carbocycles. The predicted molar refractivity (Wildman–Crippen MR) is 157 cm³/mol. The number of anilines is 2. The van der Waals surface area contributed by atoms with Gasteiger partial charge in [0, 0.05) is 25.7 Å². The van der Waals surface area contributed by atoms with Gasteiger partial charge in [0.1, 0.15) is 0 Å². The average Bonchev–Trinajstić information content (AvgIpc) is 3.71. The van der Waals surface area contributed by atoms with Crippen LogP contribution in [0.15, 0.2) is 16.9 Å². The van der Waals surface area contributed by atoms with Crippen LogP contribution in [0.4, 0.5) is 11.8 Å². The van der Waals surface area contributed by atoms with Gasteiger partial charge in [-0.2, -0.15) is 9.97 Å². The van der Waals surface area contributed by atoms with E-state index < -0.39 is 24.5 Å². The molecule has 0 radical (unpaired) electrons. The van der Waals surface area contributed by atoms with Gasteiger partial charge < -0.3 is 34.3 Å². The second-order valence-electron chi connectivity index (χ2n) is 12.2. The highest BCUT2D eigenvalue weighted by molar-refractivity contribution is 5.84. The van der Waals surface area contributed by atoms with Crippen molar-refractivity contribution in [3.8, 4) is 0 Å². The largest absolute Gasteiger partial charge is 0.457 e. The number of rotatable bonds is 14. The van der Waals surface area contributed by atoms with Crippen LogP contribution in [0, 0.1) is 5.41 Å². The van der Waals surface area contributed by atoms with Crippen LogP contribution in [0.5, 0.6) is 0 Å². The quantitative estimate of drug-likeness (QED) is 0.260. The maximum absolute atomic E-state index is 11.6. The number of imidazole rings is 1. The third kappa shape index (κ3) is 7.24. The summed E-state index contributed by atoms with van der Waals surface area (Å²) in [5, 5.41) is 10.9. The Balaban J connectivity index is 1.47. The van der Waals surface area contributed by atoms with Crippen molar-refractivity contribution in [2.75, 3.05) is 43.4 Å². The number of likely N-dealkylation sites (tertiary alicyclic amines) is 1. The molecule has 2 N–H and O–H groups in total. The molecule has 0 unspecified atom stereocenters. The third-order valence-corrected chi connectivity index (χ3v) is 7.86. The fourth-order valence-electron chi connectivity index (χ4n) is 5.51. The first-order valence-electron chi connectivity index (χ1n) is 15.0. The van der Waals surface area contributed by atoms with Crippen LogP contribution in [-0.2, 0) is 30.2 Å². The normalized spacial score (nSPS) is 22.9. The number of aryl methyl sites for hydroxylation is 1. The van der Waals surface area contributed by atoms with Gasteiger partial charge in [-0.25, -0.2) is 4.98 Å².